The number of hydrogen-bond donors (Lipinski definition) is 1. The minimum absolute atomic E-state index is 0.0502. The molecule has 2 heterocycles. The molecule has 1 N–H and O–H groups in total. The van der Waals surface area contributed by atoms with E-state index >= 15 is 0 Å². The van der Waals surface area contributed by atoms with E-state index in [9.17, 15) is 22.8 Å². The number of ether oxygens (including phenoxy) is 1. The molecule has 0 aliphatic carbocycles. The van der Waals surface area contributed by atoms with E-state index in [1.807, 2.05) is 0 Å². The first-order valence-electron chi connectivity index (χ1n) is 8.66. The van der Waals surface area contributed by atoms with Crippen LogP contribution in [0.2, 0.25) is 0 Å². The van der Waals surface area contributed by atoms with Gasteiger partial charge in [0.05, 0.1) is 23.5 Å². The first-order valence-corrected chi connectivity index (χ1v) is 11.3. The number of nitrogens with one attached hydrogen (secondary N) is 1. The molecule has 0 unspecified atom stereocenters. The van der Waals surface area contributed by atoms with Gasteiger partial charge in [-0.05, 0) is 42.0 Å². The van der Waals surface area contributed by atoms with Gasteiger partial charge in [-0.2, -0.15) is 0 Å². The molecule has 0 radical (unpaired) electrons. The predicted molar refractivity (Wildman–Crippen MR) is 105 cm³/mol. The molecule has 8 nitrogen and oxygen atoms in total. The maximum Gasteiger partial charge on any atom is 0.293 e. The number of amides is 3. The van der Waals surface area contributed by atoms with E-state index in [1.165, 1.54) is 0 Å². The lowest BCUT2D eigenvalue weighted by molar-refractivity contribution is -0.124. The number of rotatable bonds is 6. The standard InChI is InChI=1S/C18H20N2O6S2/c1-26-14-4-2-3-12(9-14)10-15-17(22)20(18(23)27-15)7-5-16(21)19-13-6-8-28(24,25)11-13/h2-4,9-10,13H,5-8,11H2,1H3,(H,19,21)/b15-10-/t13-/m0/s1. The van der Waals surface area contributed by atoms with Crippen molar-refractivity contribution in [3.05, 3.63) is 34.7 Å². The molecular formula is C18H20N2O6S2. The van der Waals surface area contributed by atoms with Gasteiger partial charge in [0.2, 0.25) is 5.91 Å². The van der Waals surface area contributed by atoms with E-state index in [1.54, 1.807) is 37.5 Å². The Kier molecular flexibility index (Phi) is 6.09. The fourth-order valence-corrected chi connectivity index (χ4v) is 5.54. The number of nitrogens with zero attached hydrogens (tertiary/aromatic N) is 1. The van der Waals surface area contributed by atoms with Crippen molar-refractivity contribution in [2.75, 3.05) is 25.2 Å². The van der Waals surface area contributed by atoms with Crippen molar-refractivity contribution < 1.29 is 27.5 Å². The highest BCUT2D eigenvalue weighted by Gasteiger charge is 2.35. The third-order valence-corrected chi connectivity index (χ3v) is 7.10. The van der Waals surface area contributed by atoms with Gasteiger partial charge in [-0.15, -0.1) is 0 Å². The fourth-order valence-electron chi connectivity index (χ4n) is 3.00. The summed E-state index contributed by atoms with van der Waals surface area (Å²) in [6.07, 6.45) is 1.93. The Balaban J connectivity index is 1.57. The summed E-state index contributed by atoms with van der Waals surface area (Å²) in [5, 5.41) is 2.21. The summed E-state index contributed by atoms with van der Waals surface area (Å²) in [4.78, 5) is 38.0. The Morgan fingerprint density at radius 1 is 1.39 bits per heavy atom. The van der Waals surface area contributed by atoms with E-state index in [-0.39, 0.29) is 35.3 Å². The molecule has 0 spiro atoms. The molecule has 3 rings (SSSR count). The van der Waals surface area contributed by atoms with Gasteiger partial charge in [-0.25, -0.2) is 8.42 Å². The van der Waals surface area contributed by atoms with E-state index < -0.39 is 27.0 Å². The van der Waals surface area contributed by atoms with Crippen LogP contribution in [0, 0.1) is 0 Å². The Hall–Kier alpha value is -2.33. The number of carbonyl (C=O) groups excluding carboxylic acids is 3. The Labute approximate surface area is 167 Å². The highest BCUT2D eigenvalue weighted by Crippen LogP contribution is 2.32. The van der Waals surface area contributed by atoms with Crippen molar-refractivity contribution >= 4 is 44.7 Å². The molecule has 150 valence electrons. The van der Waals surface area contributed by atoms with Gasteiger partial charge in [0, 0.05) is 19.0 Å². The zero-order chi connectivity index (χ0) is 20.3. The van der Waals surface area contributed by atoms with Gasteiger partial charge < -0.3 is 10.1 Å². The highest BCUT2D eigenvalue weighted by atomic mass is 32.2. The number of sulfone groups is 1. The third-order valence-electron chi connectivity index (χ3n) is 4.43. The normalized spacial score (nSPS) is 22.7. The van der Waals surface area contributed by atoms with Crippen LogP contribution in [-0.4, -0.2) is 61.6 Å². The fraction of sp³-hybridized carbons (Fsp3) is 0.389. The summed E-state index contributed by atoms with van der Waals surface area (Å²) in [7, 11) is -1.54. The Morgan fingerprint density at radius 2 is 2.18 bits per heavy atom. The lowest BCUT2D eigenvalue weighted by Gasteiger charge is -2.14. The lowest BCUT2D eigenvalue weighted by atomic mass is 10.2. The molecule has 0 bridgehead atoms. The van der Waals surface area contributed by atoms with Gasteiger partial charge in [0.1, 0.15) is 5.75 Å². The van der Waals surface area contributed by atoms with Crippen LogP contribution in [0.5, 0.6) is 5.75 Å². The number of hydrogen-bond acceptors (Lipinski definition) is 7. The van der Waals surface area contributed by atoms with E-state index in [0.717, 1.165) is 22.2 Å². The van der Waals surface area contributed by atoms with Gasteiger partial charge in [-0.1, -0.05) is 12.1 Å². The van der Waals surface area contributed by atoms with Crippen molar-refractivity contribution in [3.63, 3.8) is 0 Å². The van der Waals surface area contributed by atoms with E-state index in [4.69, 9.17) is 4.74 Å². The number of carbonyl (C=O) groups is 3. The van der Waals surface area contributed by atoms with Gasteiger partial charge >= 0.3 is 0 Å². The Bertz CT molecular complexity index is 941. The summed E-state index contributed by atoms with van der Waals surface area (Å²) in [5.74, 6) is -0.190. The number of benzene rings is 1. The number of thioether (sulfide) groups is 1. The zero-order valence-electron chi connectivity index (χ0n) is 15.2. The summed E-state index contributed by atoms with van der Waals surface area (Å²) in [5.41, 5.74) is 0.727. The van der Waals surface area contributed by atoms with Crippen molar-refractivity contribution in [3.8, 4) is 5.75 Å². The average molecular weight is 425 g/mol. The molecular weight excluding hydrogens is 404 g/mol. The summed E-state index contributed by atoms with van der Waals surface area (Å²) < 4.78 is 28.0. The summed E-state index contributed by atoms with van der Waals surface area (Å²) >= 11 is 0.821. The van der Waals surface area contributed by atoms with Crippen LogP contribution < -0.4 is 10.1 Å². The molecule has 2 saturated heterocycles. The molecule has 1 aromatic rings. The molecule has 28 heavy (non-hydrogen) atoms. The van der Waals surface area contributed by atoms with Crippen LogP contribution in [-0.2, 0) is 19.4 Å². The first kappa shape index (κ1) is 20.4. The Morgan fingerprint density at radius 3 is 2.86 bits per heavy atom. The highest BCUT2D eigenvalue weighted by molar-refractivity contribution is 8.18. The molecule has 10 heteroatoms. The van der Waals surface area contributed by atoms with Crippen molar-refractivity contribution in [1.29, 1.82) is 0 Å². The van der Waals surface area contributed by atoms with Crippen molar-refractivity contribution in [2.45, 2.75) is 18.9 Å². The zero-order valence-corrected chi connectivity index (χ0v) is 16.8. The van der Waals surface area contributed by atoms with Gasteiger partial charge in [-0.3, -0.25) is 19.3 Å². The summed E-state index contributed by atoms with van der Waals surface area (Å²) in [6, 6.07) is 6.69. The maximum atomic E-state index is 12.5. The topological polar surface area (TPSA) is 110 Å². The number of methoxy groups -OCH3 is 1. The second kappa shape index (κ2) is 8.36. The van der Waals surface area contributed by atoms with Crippen LogP contribution >= 0.6 is 11.8 Å². The lowest BCUT2D eigenvalue weighted by Crippen LogP contribution is -2.38. The maximum absolute atomic E-state index is 12.5. The average Bonchev–Trinajstić information content (AvgIpc) is 3.11. The van der Waals surface area contributed by atoms with Gasteiger partial charge in [0.15, 0.2) is 9.84 Å². The molecule has 1 atom stereocenters. The largest absolute Gasteiger partial charge is 0.497 e. The predicted octanol–water partition coefficient (Wildman–Crippen LogP) is 1.42. The van der Waals surface area contributed by atoms with E-state index in [0.29, 0.717) is 12.2 Å². The second-order valence-corrected chi connectivity index (χ2v) is 9.75. The van der Waals surface area contributed by atoms with Crippen LogP contribution in [0.25, 0.3) is 6.08 Å². The van der Waals surface area contributed by atoms with E-state index in [2.05, 4.69) is 5.32 Å². The minimum atomic E-state index is -3.08. The van der Waals surface area contributed by atoms with Crippen LogP contribution in [0.15, 0.2) is 29.2 Å². The molecule has 2 aliphatic rings. The second-order valence-electron chi connectivity index (χ2n) is 6.53. The molecule has 2 fully saturated rings. The number of imide groups is 1. The molecule has 1 aromatic carbocycles. The smallest absolute Gasteiger partial charge is 0.293 e. The van der Waals surface area contributed by atoms with Gasteiger partial charge in [0.25, 0.3) is 11.1 Å². The molecule has 0 aromatic heterocycles. The minimum Gasteiger partial charge on any atom is -0.497 e. The molecule has 3 amide bonds. The van der Waals surface area contributed by atoms with Crippen molar-refractivity contribution in [2.24, 2.45) is 0 Å². The SMILES string of the molecule is COc1cccc(/C=C2\SC(=O)N(CCC(=O)N[C@H]3CCS(=O)(=O)C3)C2=O)c1. The summed E-state index contributed by atoms with van der Waals surface area (Å²) in [6.45, 7) is -0.0502. The third kappa shape index (κ3) is 4.93. The quantitative estimate of drug-likeness (QED) is 0.688. The van der Waals surface area contributed by atoms with Crippen molar-refractivity contribution in [1.82, 2.24) is 10.2 Å². The van der Waals surface area contributed by atoms with Crippen LogP contribution in [0.4, 0.5) is 4.79 Å². The molecule has 0 saturated carbocycles. The molecule has 2 aliphatic heterocycles. The monoisotopic (exact) mass is 424 g/mol. The first-order chi connectivity index (χ1) is 13.3. The van der Waals surface area contributed by atoms with Crippen LogP contribution in [0.3, 0.4) is 0 Å². The van der Waals surface area contributed by atoms with Crippen LogP contribution in [0.1, 0.15) is 18.4 Å².